The fraction of sp³-hybridized carbons (Fsp3) is 0.619. The summed E-state index contributed by atoms with van der Waals surface area (Å²) in [7, 11) is 2.06. The van der Waals surface area contributed by atoms with Gasteiger partial charge in [-0.3, -0.25) is 0 Å². The van der Waals surface area contributed by atoms with Gasteiger partial charge >= 0.3 is 0 Å². The quantitative estimate of drug-likeness (QED) is 0.729. The first-order valence-corrected chi connectivity index (χ1v) is 10.6. The number of halogens is 2. The zero-order valence-corrected chi connectivity index (χ0v) is 16.6. The van der Waals surface area contributed by atoms with Crippen molar-refractivity contribution in [1.82, 2.24) is 19.9 Å². The molecule has 2 aliphatic carbocycles. The van der Waals surface area contributed by atoms with Crippen LogP contribution in [0.5, 0.6) is 0 Å². The maximum Gasteiger partial charge on any atom is 0.280 e. The molecule has 0 amide bonds. The van der Waals surface area contributed by atoms with Crippen LogP contribution in [0.4, 0.5) is 20.4 Å². The predicted molar refractivity (Wildman–Crippen MR) is 107 cm³/mol. The molecule has 0 bridgehead atoms. The van der Waals surface area contributed by atoms with Gasteiger partial charge in [-0.05, 0) is 44.6 Å². The number of nitrogens with zero attached hydrogens (tertiary/aromatic N) is 6. The average Bonchev–Trinajstić information content (AvgIpc) is 3.66. The van der Waals surface area contributed by atoms with Gasteiger partial charge in [0.05, 0.1) is 0 Å². The summed E-state index contributed by atoms with van der Waals surface area (Å²) in [5.74, 6) is 3.85. The van der Waals surface area contributed by atoms with Gasteiger partial charge in [-0.15, -0.1) is 0 Å². The van der Waals surface area contributed by atoms with E-state index in [1.54, 1.807) is 0 Å². The number of aromatic nitrogens is 4. The lowest BCUT2D eigenvalue weighted by Gasteiger charge is -2.39. The summed E-state index contributed by atoms with van der Waals surface area (Å²) in [6, 6.07) is 3.67. The van der Waals surface area contributed by atoms with Gasteiger partial charge in [0.2, 0.25) is 0 Å². The molecule has 0 aromatic carbocycles. The number of rotatable bonds is 6. The molecule has 1 saturated heterocycles. The van der Waals surface area contributed by atoms with Crippen LogP contribution in [0.3, 0.4) is 0 Å². The Bertz CT molecular complexity index is 863. The molecule has 0 spiro atoms. The fourth-order valence-electron chi connectivity index (χ4n) is 4.03. The van der Waals surface area contributed by atoms with Gasteiger partial charge in [-0.25, -0.2) is 28.7 Å². The highest BCUT2D eigenvalue weighted by molar-refractivity contribution is 5.45. The van der Waals surface area contributed by atoms with Crippen molar-refractivity contribution >= 4 is 11.6 Å². The second kappa shape index (κ2) is 7.46. The standard InChI is InChI=1S/C21H26F2N6/c1-28(17-8-9-24-20(26-17)13-4-5-13)15-3-2-10-29(12-15)18-11-16(19(22)23)25-21(27-18)14-6-7-14/h8-9,11,13-15,19H,2-7,10,12H2,1H3. The van der Waals surface area contributed by atoms with Crippen LogP contribution in [-0.4, -0.2) is 46.1 Å². The Kier molecular flexibility index (Phi) is 4.80. The molecule has 0 radical (unpaired) electrons. The summed E-state index contributed by atoms with van der Waals surface area (Å²) < 4.78 is 26.8. The summed E-state index contributed by atoms with van der Waals surface area (Å²) in [5, 5.41) is 0. The third-order valence-electron chi connectivity index (χ3n) is 6.15. The highest BCUT2D eigenvalue weighted by Gasteiger charge is 2.31. The zero-order valence-electron chi connectivity index (χ0n) is 16.6. The van der Waals surface area contributed by atoms with E-state index < -0.39 is 6.43 Å². The Balaban J connectivity index is 1.36. The van der Waals surface area contributed by atoms with E-state index in [1.165, 1.54) is 18.9 Å². The number of hydrogen-bond donors (Lipinski definition) is 0. The molecular formula is C21H26F2N6. The maximum atomic E-state index is 13.4. The van der Waals surface area contributed by atoms with E-state index in [0.717, 1.165) is 50.4 Å². The average molecular weight is 400 g/mol. The molecule has 3 heterocycles. The fourth-order valence-corrected chi connectivity index (χ4v) is 4.03. The van der Waals surface area contributed by atoms with E-state index in [4.69, 9.17) is 4.98 Å². The van der Waals surface area contributed by atoms with E-state index in [2.05, 4.69) is 31.8 Å². The van der Waals surface area contributed by atoms with Crippen molar-refractivity contribution < 1.29 is 8.78 Å². The molecule has 1 aliphatic heterocycles. The number of likely N-dealkylation sites (N-methyl/N-ethyl adjacent to an activating group) is 1. The molecule has 3 aliphatic rings. The Morgan fingerprint density at radius 3 is 2.52 bits per heavy atom. The molecule has 5 rings (SSSR count). The maximum absolute atomic E-state index is 13.4. The van der Waals surface area contributed by atoms with Gasteiger partial charge in [-0.1, -0.05) is 0 Å². The SMILES string of the molecule is CN(c1ccnc(C2CC2)n1)C1CCCN(c2cc(C(F)F)nc(C3CC3)n2)C1. The van der Waals surface area contributed by atoms with E-state index in [-0.39, 0.29) is 17.7 Å². The lowest BCUT2D eigenvalue weighted by molar-refractivity contribution is 0.145. The van der Waals surface area contributed by atoms with Crippen LogP contribution in [-0.2, 0) is 0 Å². The van der Waals surface area contributed by atoms with Gasteiger partial charge in [0.1, 0.15) is 29.0 Å². The van der Waals surface area contributed by atoms with Crippen molar-refractivity contribution in [3.8, 4) is 0 Å². The lowest BCUT2D eigenvalue weighted by atomic mass is 10.0. The molecule has 3 fully saturated rings. The molecule has 29 heavy (non-hydrogen) atoms. The Morgan fingerprint density at radius 2 is 1.79 bits per heavy atom. The van der Waals surface area contributed by atoms with Gasteiger partial charge in [0.15, 0.2) is 0 Å². The first-order chi connectivity index (χ1) is 14.1. The van der Waals surface area contributed by atoms with Crippen molar-refractivity contribution in [2.75, 3.05) is 29.9 Å². The molecule has 154 valence electrons. The molecule has 0 N–H and O–H groups in total. The predicted octanol–water partition coefficient (Wildman–Crippen LogP) is 4.06. The highest BCUT2D eigenvalue weighted by atomic mass is 19.3. The van der Waals surface area contributed by atoms with Crippen molar-refractivity contribution in [1.29, 1.82) is 0 Å². The van der Waals surface area contributed by atoms with Gasteiger partial charge < -0.3 is 9.80 Å². The molecule has 2 aromatic heterocycles. The topological polar surface area (TPSA) is 58.0 Å². The molecule has 2 aromatic rings. The minimum atomic E-state index is -2.57. The Labute approximate surface area is 169 Å². The molecule has 1 unspecified atom stereocenters. The van der Waals surface area contributed by atoms with Crippen LogP contribution < -0.4 is 9.80 Å². The monoisotopic (exact) mass is 400 g/mol. The third-order valence-corrected chi connectivity index (χ3v) is 6.15. The molecule has 8 heteroatoms. The highest BCUT2D eigenvalue weighted by Crippen LogP contribution is 2.40. The summed E-state index contributed by atoms with van der Waals surface area (Å²) in [4.78, 5) is 22.3. The largest absolute Gasteiger partial charge is 0.355 e. The molecular weight excluding hydrogens is 374 g/mol. The number of piperidine rings is 1. The van der Waals surface area contributed by atoms with Crippen LogP contribution in [0.1, 0.15) is 74.1 Å². The van der Waals surface area contributed by atoms with Crippen molar-refractivity contribution in [2.24, 2.45) is 0 Å². The normalized spacial score (nSPS) is 22.2. The summed E-state index contributed by atoms with van der Waals surface area (Å²) in [6.45, 7) is 1.56. The van der Waals surface area contributed by atoms with Crippen molar-refractivity contribution in [3.63, 3.8) is 0 Å². The van der Waals surface area contributed by atoms with Crippen LogP contribution in [0, 0.1) is 0 Å². The Morgan fingerprint density at radius 1 is 1.03 bits per heavy atom. The van der Waals surface area contributed by atoms with Gasteiger partial charge in [0, 0.05) is 50.3 Å². The van der Waals surface area contributed by atoms with E-state index in [0.29, 0.717) is 17.6 Å². The van der Waals surface area contributed by atoms with Crippen LogP contribution in [0.25, 0.3) is 0 Å². The lowest BCUT2D eigenvalue weighted by Crippen LogP contribution is -2.47. The third kappa shape index (κ3) is 4.02. The molecule has 2 saturated carbocycles. The van der Waals surface area contributed by atoms with Crippen LogP contribution in [0.15, 0.2) is 18.3 Å². The molecule has 1 atom stereocenters. The van der Waals surface area contributed by atoms with E-state index in [1.807, 2.05) is 12.3 Å². The van der Waals surface area contributed by atoms with E-state index in [9.17, 15) is 8.78 Å². The van der Waals surface area contributed by atoms with E-state index >= 15 is 0 Å². The van der Waals surface area contributed by atoms with Gasteiger partial charge in [-0.2, -0.15) is 0 Å². The summed E-state index contributed by atoms with van der Waals surface area (Å²) in [5.41, 5.74) is -0.155. The van der Waals surface area contributed by atoms with Crippen molar-refractivity contribution in [3.05, 3.63) is 35.7 Å². The second-order valence-corrected chi connectivity index (χ2v) is 8.48. The van der Waals surface area contributed by atoms with Crippen LogP contribution >= 0.6 is 0 Å². The van der Waals surface area contributed by atoms with Crippen molar-refractivity contribution in [2.45, 2.75) is 62.8 Å². The number of anilines is 2. The summed E-state index contributed by atoms with van der Waals surface area (Å²) in [6.07, 6.45) is 5.64. The minimum absolute atomic E-state index is 0.155. The molecule has 6 nitrogen and oxygen atoms in total. The summed E-state index contributed by atoms with van der Waals surface area (Å²) >= 11 is 0. The first-order valence-electron chi connectivity index (χ1n) is 10.6. The zero-order chi connectivity index (χ0) is 20.0. The minimum Gasteiger partial charge on any atom is -0.355 e. The van der Waals surface area contributed by atoms with Gasteiger partial charge in [0.25, 0.3) is 6.43 Å². The first kappa shape index (κ1) is 18.6. The van der Waals surface area contributed by atoms with Crippen LogP contribution in [0.2, 0.25) is 0 Å². The number of alkyl halides is 2. The Hall–Kier alpha value is -2.38. The smallest absolute Gasteiger partial charge is 0.280 e. The number of hydrogen-bond acceptors (Lipinski definition) is 6. The second-order valence-electron chi connectivity index (χ2n) is 8.48.